The molecule has 4 nitrogen and oxygen atoms in total. The van der Waals surface area contributed by atoms with Crippen LogP contribution in [0, 0.1) is 0 Å². The van der Waals surface area contributed by atoms with Gasteiger partial charge in [0.05, 0.1) is 17.3 Å². The van der Waals surface area contributed by atoms with Crippen LogP contribution in [0.4, 0.5) is 0 Å². The van der Waals surface area contributed by atoms with Crippen LogP contribution >= 0.6 is 0 Å². The summed E-state index contributed by atoms with van der Waals surface area (Å²) in [5.41, 5.74) is -0.880. The van der Waals surface area contributed by atoms with E-state index in [1.54, 1.807) is 0 Å². The molecule has 0 rings (SSSR count). The minimum absolute atomic E-state index is 0.0262. The van der Waals surface area contributed by atoms with Crippen molar-refractivity contribution in [1.29, 1.82) is 0 Å². The average Bonchev–Trinajstić information content (AvgIpc) is 2.29. The zero-order chi connectivity index (χ0) is 16.0. The van der Waals surface area contributed by atoms with Crippen molar-refractivity contribution in [3.63, 3.8) is 0 Å². The van der Waals surface area contributed by atoms with Crippen LogP contribution in [-0.4, -0.2) is 22.9 Å². The number of hydrogen-bond donors (Lipinski definition) is 0. The SMILES string of the molecule is CCC(C)(CCC(C)OOC(C)(C)C)OOC(C)(C)C. The molecule has 0 amide bonds. The molecule has 0 bridgehead atoms. The monoisotopic (exact) mass is 290 g/mol. The smallest absolute Gasteiger partial charge is 0.101 e. The third-order valence-corrected chi connectivity index (χ3v) is 2.78. The van der Waals surface area contributed by atoms with Crippen molar-refractivity contribution < 1.29 is 19.6 Å². The molecule has 2 unspecified atom stereocenters. The van der Waals surface area contributed by atoms with E-state index in [9.17, 15) is 0 Å². The van der Waals surface area contributed by atoms with Crippen LogP contribution in [0.1, 0.15) is 81.6 Å². The summed E-state index contributed by atoms with van der Waals surface area (Å²) in [5, 5.41) is 0. The standard InChI is InChI=1S/C16H34O4/c1-10-16(9,20-19-15(6,7)8)12-11-13(2)17-18-14(3,4)5/h13H,10-12H2,1-9H3. The topological polar surface area (TPSA) is 36.9 Å². The lowest BCUT2D eigenvalue weighted by Gasteiger charge is -2.31. The highest BCUT2D eigenvalue weighted by atomic mass is 17.2. The van der Waals surface area contributed by atoms with E-state index in [0.29, 0.717) is 0 Å². The molecule has 0 aliphatic rings. The Hall–Kier alpha value is -0.160. The second-order valence-corrected chi connectivity index (χ2v) is 7.72. The van der Waals surface area contributed by atoms with Gasteiger partial charge in [0.1, 0.15) is 5.60 Å². The second-order valence-electron chi connectivity index (χ2n) is 7.72. The van der Waals surface area contributed by atoms with Gasteiger partial charge in [-0.2, -0.15) is 0 Å². The molecule has 20 heavy (non-hydrogen) atoms. The molecule has 0 spiro atoms. The van der Waals surface area contributed by atoms with Crippen LogP contribution < -0.4 is 0 Å². The van der Waals surface area contributed by atoms with Crippen LogP contribution in [0.15, 0.2) is 0 Å². The highest BCUT2D eigenvalue weighted by Gasteiger charge is 2.28. The van der Waals surface area contributed by atoms with Gasteiger partial charge in [0.25, 0.3) is 0 Å². The van der Waals surface area contributed by atoms with Crippen molar-refractivity contribution in [2.75, 3.05) is 0 Å². The van der Waals surface area contributed by atoms with Crippen molar-refractivity contribution in [3.8, 4) is 0 Å². The fraction of sp³-hybridized carbons (Fsp3) is 1.00. The van der Waals surface area contributed by atoms with E-state index >= 15 is 0 Å². The Morgan fingerprint density at radius 3 is 1.70 bits per heavy atom. The Kier molecular flexibility index (Phi) is 7.67. The average molecular weight is 290 g/mol. The molecular formula is C16H34O4. The number of rotatable bonds is 8. The molecule has 0 aromatic carbocycles. The van der Waals surface area contributed by atoms with Gasteiger partial charge >= 0.3 is 0 Å². The van der Waals surface area contributed by atoms with Gasteiger partial charge < -0.3 is 0 Å². The molecular weight excluding hydrogens is 256 g/mol. The van der Waals surface area contributed by atoms with Crippen molar-refractivity contribution >= 4 is 0 Å². The lowest BCUT2D eigenvalue weighted by atomic mass is 9.96. The van der Waals surface area contributed by atoms with Crippen molar-refractivity contribution in [2.24, 2.45) is 0 Å². The van der Waals surface area contributed by atoms with Gasteiger partial charge in [0.2, 0.25) is 0 Å². The van der Waals surface area contributed by atoms with E-state index in [1.807, 2.05) is 48.5 Å². The Balaban J connectivity index is 4.16. The first kappa shape index (κ1) is 19.8. The minimum atomic E-state index is -0.299. The van der Waals surface area contributed by atoms with E-state index in [2.05, 4.69) is 13.8 Å². The lowest BCUT2D eigenvalue weighted by Crippen LogP contribution is -2.34. The van der Waals surface area contributed by atoms with Gasteiger partial charge in [0.15, 0.2) is 0 Å². The zero-order valence-electron chi connectivity index (χ0n) is 14.8. The van der Waals surface area contributed by atoms with E-state index in [0.717, 1.165) is 19.3 Å². The van der Waals surface area contributed by atoms with E-state index < -0.39 is 0 Å². The summed E-state index contributed by atoms with van der Waals surface area (Å²) in [4.78, 5) is 21.8. The number of hydrogen-bond acceptors (Lipinski definition) is 4. The summed E-state index contributed by atoms with van der Waals surface area (Å²) in [7, 11) is 0. The third kappa shape index (κ3) is 10.6. The molecule has 2 atom stereocenters. The van der Waals surface area contributed by atoms with Crippen molar-refractivity contribution in [3.05, 3.63) is 0 Å². The molecule has 0 radical (unpaired) electrons. The predicted molar refractivity (Wildman–Crippen MR) is 81.2 cm³/mol. The van der Waals surface area contributed by atoms with Crippen LogP contribution in [0.3, 0.4) is 0 Å². The lowest BCUT2D eigenvalue weighted by molar-refractivity contribution is -0.405. The summed E-state index contributed by atoms with van der Waals surface area (Å²) < 4.78 is 0. The Bertz CT molecular complexity index is 265. The molecule has 0 saturated carbocycles. The molecule has 0 heterocycles. The van der Waals surface area contributed by atoms with Gasteiger partial charge in [-0.1, -0.05) is 6.92 Å². The first-order valence-electron chi connectivity index (χ1n) is 7.58. The van der Waals surface area contributed by atoms with Gasteiger partial charge in [-0.3, -0.25) is 0 Å². The maximum absolute atomic E-state index is 5.64. The highest BCUT2D eigenvalue weighted by Crippen LogP contribution is 2.26. The molecule has 0 aromatic rings. The fourth-order valence-corrected chi connectivity index (χ4v) is 1.29. The van der Waals surface area contributed by atoms with E-state index in [-0.39, 0.29) is 22.9 Å². The Labute approximate surface area is 125 Å². The molecule has 4 heteroatoms. The van der Waals surface area contributed by atoms with Crippen LogP contribution in [0.2, 0.25) is 0 Å². The van der Waals surface area contributed by atoms with Gasteiger partial charge in [-0.15, -0.1) is 0 Å². The predicted octanol–water partition coefficient (Wildman–Crippen LogP) is 4.82. The van der Waals surface area contributed by atoms with Gasteiger partial charge in [0, 0.05) is 0 Å². The van der Waals surface area contributed by atoms with Crippen LogP contribution in [0.5, 0.6) is 0 Å². The first-order chi connectivity index (χ1) is 8.87. The molecule has 0 aliphatic heterocycles. The zero-order valence-corrected chi connectivity index (χ0v) is 14.8. The highest BCUT2D eigenvalue weighted by molar-refractivity contribution is 4.73. The Morgan fingerprint density at radius 1 is 0.800 bits per heavy atom. The summed E-state index contributed by atoms with van der Waals surface area (Å²) in [6.45, 7) is 18.0. The largest absolute Gasteiger partial charge is 0.233 e. The first-order valence-corrected chi connectivity index (χ1v) is 7.58. The summed E-state index contributed by atoms with van der Waals surface area (Å²) in [6, 6.07) is 0. The van der Waals surface area contributed by atoms with E-state index in [1.165, 1.54) is 0 Å². The van der Waals surface area contributed by atoms with Gasteiger partial charge in [-0.25, -0.2) is 19.6 Å². The normalized spacial score (nSPS) is 17.9. The molecule has 0 fully saturated rings. The molecule has 0 N–H and O–H groups in total. The maximum atomic E-state index is 5.64. The third-order valence-electron chi connectivity index (χ3n) is 2.78. The van der Waals surface area contributed by atoms with Crippen LogP contribution in [-0.2, 0) is 19.6 Å². The fourth-order valence-electron chi connectivity index (χ4n) is 1.29. The summed E-state index contributed by atoms with van der Waals surface area (Å²) >= 11 is 0. The van der Waals surface area contributed by atoms with Gasteiger partial charge in [-0.05, 0) is 74.7 Å². The Morgan fingerprint density at radius 2 is 1.30 bits per heavy atom. The molecule has 122 valence electrons. The maximum Gasteiger partial charge on any atom is 0.101 e. The molecule has 0 aliphatic carbocycles. The second kappa shape index (κ2) is 7.74. The van der Waals surface area contributed by atoms with Crippen molar-refractivity contribution in [1.82, 2.24) is 0 Å². The van der Waals surface area contributed by atoms with Crippen LogP contribution in [0.25, 0.3) is 0 Å². The molecule has 0 aromatic heterocycles. The summed E-state index contributed by atoms with van der Waals surface area (Å²) in [6.07, 6.45) is 2.62. The minimum Gasteiger partial charge on any atom is -0.233 e. The summed E-state index contributed by atoms with van der Waals surface area (Å²) in [5.74, 6) is 0. The molecule has 0 saturated heterocycles. The van der Waals surface area contributed by atoms with E-state index in [4.69, 9.17) is 19.6 Å². The quantitative estimate of drug-likeness (QED) is 0.474. The van der Waals surface area contributed by atoms with Crippen molar-refractivity contribution in [2.45, 2.75) is 104 Å².